The van der Waals surface area contributed by atoms with Crippen LogP contribution in [0, 0.1) is 17.7 Å². The molecule has 2 rings (SSSR count). The fourth-order valence-electron chi connectivity index (χ4n) is 2.50. The number of benzene rings is 1. The second-order valence-corrected chi connectivity index (χ2v) is 7.75. The molecule has 23 heavy (non-hydrogen) atoms. The van der Waals surface area contributed by atoms with Gasteiger partial charge in [0.2, 0.25) is 0 Å². The van der Waals surface area contributed by atoms with Crippen molar-refractivity contribution in [3.63, 3.8) is 0 Å². The lowest BCUT2D eigenvalue weighted by atomic mass is 10.1. The Balaban J connectivity index is 2.19. The number of hydrogen-bond donors (Lipinski definition) is 0. The average molecular weight is 333 g/mol. The van der Waals surface area contributed by atoms with Gasteiger partial charge < -0.3 is 4.90 Å². The first-order chi connectivity index (χ1) is 10.9. The maximum Gasteiger partial charge on any atom is 0.263 e. The fourth-order valence-corrected chi connectivity index (χ4v) is 3.48. The standard InChI is InChI=1S/C19H24FNOS/c1-13(2)11-21(12-14(3)4)19(22)18-10-9-17(23-18)15-5-7-16(20)8-6-15/h5-10,13-14H,11-12H2,1-4H3. The summed E-state index contributed by atoms with van der Waals surface area (Å²) in [5.74, 6) is 0.718. The Bertz CT molecular complexity index is 636. The van der Waals surface area contributed by atoms with Gasteiger partial charge in [-0.1, -0.05) is 39.8 Å². The molecule has 0 radical (unpaired) electrons. The Morgan fingerprint density at radius 1 is 1.00 bits per heavy atom. The van der Waals surface area contributed by atoms with Crippen LogP contribution in [0.4, 0.5) is 4.39 Å². The Morgan fingerprint density at radius 2 is 1.57 bits per heavy atom. The molecule has 4 heteroatoms. The summed E-state index contributed by atoms with van der Waals surface area (Å²) < 4.78 is 13.0. The Morgan fingerprint density at radius 3 is 2.09 bits per heavy atom. The van der Waals surface area contributed by atoms with Crippen LogP contribution in [0.3, 0.4) is 0 Å². The summed E-state index contributed by atoms with van der Waals surface area (Å²) in [7, 11) is 0. The van der Waals surface area contributed by atoms with E-state index in [2.05, 4.69) is 27.7 Å². The molecule has 0 spiro atoms. The van der Waals surface area contributed by atoms with Gasteiger partial charge in [-0.2, -0.15) is 0 Å². The van der Waals surface area contributed by atoms with Crippen molar-refractivity contribution in [3.8, 4) is 10.4 Å². The van der Waals surface area contributed by atoms with Crippen LogP contribution < -0.4 is 0 Å². The normalized spacial score (nSPS) is 11.3. The monoisotopic (exact) mass is 333 g/mol. The van der Waals surface area contributed by atoms with Crippen molar-refractivity contribution in [1.82, 2.24) is 4.90 Å². The van der Waals surface area contributed by atoms with Crippen molar-refractivity contribution in [2.24, 2.45) is 11.8 Å². The van der Waals surface area contributed by atoms with Gasteiger partial charge in [0.15, 0.2) is 0 Å². The number of thiophene rings is 1. The number of amides is 1. The highest BCUT2D eigenvalue weighted by atomic mass is 32.1. The molecule has 1 heterocycles. The molecule has 0 bridgehead atoms. The van der Waals surface area contributed by atoms with Gasteiger partial charge >= 0.3 is 0 Å². The molecule has 2 nitrogen and oxygen atoms in total. The predicted octanol–water partition coefficient (Wildman–Crippen LogP) is 5.31. The first kappa shape index (κ1) is 17.7. The molecule has 124 valence electrons. The van der Waals surface area contributed by atoms with Gasteiger partial charge in [-0.25, -0.2) is 4.39 Å². The molecule has 0 saturated heterocycles. The van der Waals surface area contributed by atoms with Crippen LogP contribution in [0.5, 0.6) is 0 Å². The molecule has 0 aliphatic rings. The van der Waals surface area contributed by atoms with E-state index in [1.165, 1.54) is 23.5 Å². The topological polar surface area (TPSA) is 20.3 Å². The third kappa shape index (κ3) is 4.90. The van der Waals surface area contributed by atoms with Gasteiger partial charge in [0, 0.05) is 18.0 Å². The molecular formula is C19H24FNOS. The van der Waals surface area contributed by atoms with Gasteiger partial charge in [-0.15, -0.1) is 11.3 Å². The summed E-state index contributed by atoms with van der Waals surface area (Å²) in [6, 6.07) is 10.2. The van der Waals surface area contributed by atoms with Crippen molar-refractivity contribution in [2.45, 2.75) is 27.7 Å². The lowest BCUT2D eigenvalue weighted by molar-refractivity contribution is 0.0720. The molecule has 0 unspecified atom stereocenters. The smallest absolute Gasteiger partial charge is 0.263 e. The highest BCUT2D eigenvalue weighted by Gasteiger charge is 2.20. The van der Waals surface area contributed by atoms with Crippen LogP contribution in [-0.2, 0) is 0 Å². The summed E-state index contributed by atoms with van der Waals surface area (Å²) >= 11 is 1.47. The molecule has 0 aliphatic carbocycles. The summed E-state index contributed by atoms with van der Waals surface area (Å²) in [6.45, 7) is 10.0. The number of rotatable bonds is 6. The molecular weight excluding hydrogens is 309 g/mol. The quantitative estimate of drug-likeness (QED) is 0.701. The van der Waals surface area contributed by atoms with Gasteiger partial charge in [-0.3, -0.25) is 4.79 Å². The molecule has 1 aromatic carbocycles. The molecule has 2 aromatic rings. The zero-order valence-electron chi connectivity index (χ0n) is 14.2. The summed E-state index contributed by atoms with van der Waals surface area (Å²) in [5.41, 5.74) is 0.940. The zero-order chi connectivity index (χ0) is 17.0. The van der Waals surface area contributed by atoms with Gasteiger partial charge in [0.1, 0.15) is 5.82 Å². The van der Waals surface area contributed by atoms with E-state index >= 15 is 0 Å². The molecule has 0 atom stereocenters. The minimum Gasteiger partial charge on any atom is -0.337 e. The highest BCUT2D eigenvalue weighted by Crippen LogP contribution is 2.29. The summed E-state index contributed by atoms with van der Waals surface area (Å²) in [5, 5.41) is 0. The van der Waals surface area contributed by atoms with E-state index in [1.54, 1.807) is 12.1 Å². The molecule has 0 N–H and O–H groups in total. The number of hydrogen-bond acceptors (Lipinski definition) is 2. The minimum atomic E-state index is -0.248. The first-order valence-electron chi connectivity index (χ1n) is 8.02. The van der Waals surface area contributed by atoms with Crippen LogP contribution in [0.25, 0.3) is 10.4 Å². The lowest BCUT2D eigenvalue weighted by Crippen LogP contribution is -2.36. The zero-order valence-corrected chi connectivity index (χ0v) is 15.0. The second kappa shape index (κ2) is 7.73. The lowest BCUT2D eigenvalue weighted by Gasteiger charge is -2.25. The van der Waals surface area contributed by atoms with Crippen LogP contribution in [0.1, 0.15) is 37.4 Å². The Kier molecular flexibility index (Phi) is 5.94. The third-order valence-electron chi connectivity index (χ3n) is 3.40. The van der Waals surface area contributed by atoms with E-state index < -0.39 is 0 Å². The maximum absolute atomic E-state index is 13.0. The van der Waals surface area contributed by atoms with Crippen molar-refractivity contribution in [1.29, 1.82) is 0 Å². The van der Waals surface area contributed by atoms with Crippen LogP contribution >= 0.6 is 11.3 Å². The van der Waals surface area contributed by atoms with Gasteiger partial charge in [0.05, 0.1) is 4.88 Å². The van der Waals surface area contributed by atoms with Crippen molar-refractivity contribution >= 4 is 17.2 Å². The number of carbonyl (C=O) groups excluding carboxylic acids is 1. The van der Waals surface area contributed by atoms with Crippen LogP contribution in [-0.4, -0.2) is 23.9 Å². The molecule has 1 amide bonds. The fraction of sp³-hybridized carbons (Fsp3) is 0.421. The SMILES string of the molecule is CC(C)CN(CC(C)C)C(=O)c1ccc(-c2ccc(F)cc2)s1. The minimum absolute atomic E-state index is 0.0887. The highest BCUT2D eigenvalue weighted by molar-refractivity contribution is 7.17. The molecule has 0 saturated carbocycles. The predicted molar refractivity (Wildman–Crippen MR) is 95.3 cm³/mol. The summed E-state index contributed by atoms with van der Waals surface area (Å²) in [6.07, 6.45) is 0. The molecule has 0 aliphatic heterocycles. The number of carbonyl (C=O) groups is 1. The Labute approximate surface area is 142 Å². The first-order valence-corrected chi connectivity index (χ1v) is 8.83. The van der Waals surface area contributed by atoms with E-state index in [4.69, 9.17) is 0 Å². The van der Waals surface area contributed by atoms with Crippen molar-refractivity contribution in [3.05, 3.63) is 47.1 Å². The maximum atomic E-state index is 13.0. The molecule has 1 aromatic heterocycles. The number of nitrogens with zero attached hydrogens (tertiary/aromatic N) is 1. The summed E-state index contributed by atoms with van der Waals surface area (Å²) in [4.78, 5) is 16.5. The van der Waals surface area contributed by atoms with E-state index in [-0.39, 0.29) is 11.7 Å². The van der Waals surface area contributed by atoms with E-state index in [0.717, 1.165) is 28.4 Å². The number of halogens is 1. The van der Waals surface area contributed by atoms with Crippen molar-refractivity contribution < 1.29 is 9.18 Å². The van der Waals surface area contributed by atoms with E-state index in [9.17, 15) is 9.18 Å². The van der Waals surface area contributed by atoms with Crippen LogP contribution in [0.15, 0.2) is 36.4 Å². The second-order valence-electron chi connectivity index (χ2n) is 6.67. The van der Waals surface area contributed by atoms with E-state index in [0.29, 0.717) is 11.8 Å². The van der Waals surface area contributed by atoms with Gasteiger partial charge in [0.25, 0.3) is 5.91 Å². The van der Waals surface area contributed by atoms with Gasteiger partial charge in [-0.05, 0) is 41.7 Å². The molecule has 0 fully saturated rings. The largest absolute Gasteiger partial charge is 0.337 e. The Hall–Kier alpha value is -1.68. The van der Waals surface area contributed by atoms with E-state index in [1.807, 2.05) is 17.0 Å². The average Bonchev–Trinajstić information content (AvgIpc) is 2.95. The third-order valence-corrected chi connectivity index (χ3v) is 4.53. The van der Waals surface area contributed by atoms with Crippen molar-refractivity contribution in [2.75, 3.05) is 13.1 Å². The van der Waals surface area contributed by atoms with Crippen LogP contribution in [0.2, 0.25) is 0 Å².